The number of piperidine rings is 1. The molecule has 0 aromatic carbocycles. The van der Waals surface area contributed by atoms with Gasteiger partial charge in [0.15, 0.2) is 0 Å². The van der Waals surface area contributed by atoms with Crippen LogP contribution in [0.1, 0.15) is 37.1 Å². The Balaban J connectivity index is 1.73. The molecule has 1 aliphatic heterocycles. The largest absolute Gasteiger partial charge is 0.295 e. The van der Waals surface area contributed by atoms with Gasteiger partial charge in [-0.15, -0.1) is 11.3 Å². The lowest BCUT2D eigenvalue weighted by molar-refractivity contribution is 0.134. The molecule has 0 aliphatic carbocycles. The van der Waals surface area contributed by atoms with Gasteiger partial charge in [0.1, 0.15) is 4.21 Å². The van der Waals surface area contributed by atoms with Crippen LogP contribution in [0.15, 0.2) is 40.9 Å². The number of thiophene rings is 1. The van der Waals surface area contributed by atoms with Gasteiger partial charge in [-0.05, 0) is 55.6 Å². The van der Waals surface area contributed by atoms with E-state index in [0.717, 1.165) is 37.2 Å². The van der Waals surface area contributed by atoms with Crippen LogP contribution >= 0.6 is 11.3 Å². The summed E-state index contributed by atoms with van der Waals surface area (Å²) in [5.74, 6) is 0. The Labute approximate surface area is 160 Å². The van der Waals surface area contributed by atoms with Crippen molar-refractivity contribution in [3.63, 3.8) is 0 Å². The van der Waals surface area contributed by atoms with Crippen LogP contribution in [-0.4, -0.2) is 48.3 Å². The monoisotopic (exact) mass is 393 g/mol. The Hall–Kier alpha value is -1.28. The van der Waals surface area contributed by atoms with E-state index in [2.05, 4.69) is 23.7 Å². The lowest BCUT2D eigenvalue weighted by Crippen LogP contribution is -2.49. The van der Waals surface area contributed by atoms with Crippen LogP contribution in [0.3, 0.4) is 0 Å². The molecule has 1 aliphatic rings. The molecule has 1 atom stereocenters. The van der Waals surface area contributed by atoms with Gasteiger partial charge in [-0.1, -0.05) is 13.8 Å². The zero-order valence-electron chi connectivity index (χ0n) is 15.5. The maximum atomic E-state index is 13.0. The maximum Gasteiger partial charge on any atom is 0.252 e. The molecule has 5 nitrogen and oxygen atoms in total. The van der Waals surface area contributed by atoms with E-state index in [1.807, 2.05) is 30.6 Å². The summed E-state index contributed by atoms with van der Waals surface area (Å²) >= 11 is 1.40. The van der Waals surface area contributed by atoms with Crippen LogP contribution in [-0.2, 0) is 23.0 Å². The summed E-state index contributed by atoms with van der Waals surface area (Å²) in [5.41, 5.74) is 1.22. The van der Waals surface area contributed by atoms with E-state index >= 15 is 0 Å². The Bertz CT molecular complexity index is 805. The molecule has 1 fully saturated rings. The third kappa shape index (κ3) is 4.34. The van der Waals surface area contributed by atoms with Gasteiger partial charge in [-0.2, -0.15) is 4.31 Å². The van der Waals surface area contributed by atoms with Crippen molar-refractivity contribution in [3.05, 3.63) is 47.1 Å². The molecular formula is C19H27N3O2S2. The number of pyridine rings is 1. The zero-order chi connectivity index (χ0) is 18.6. The predicted molar refractivity (Wildman–Crippen MR) is 106 cm³/mol. The fourth-order valence-electron chi connectivity index (χ4n) is 3.47. The van der Waals surface area contributed by atoms with Gasteiger partial charge in [-0.25, -0.2) is 8.42 Å². The van der Waals surface area contributed by atoms with E-state index < -0.39 is 10.0 Å². The highest BCUT2D eigenvalue weighted by Gasteiger charge is 2.33. The molecule has 142 valence electrons. The molecule has 26 heavy (non-hydrogen) atoms. The number of aryl methyl sites for hydroxylation is 1. The highest BCUT2D eigenvalue weighted by molar-refractivity contribution is 7.91. The van der Waals surface area contributed by atoms with Crippen LogP contribution in [0.5, 0.6) is 0 Å². The fraction of sp³-hybridized carbons (Fsp3) is 0.526. The second-order valence-electron chi connectivity index (χ2n) is 6.65. The molecule has 0 saturated carbocycles. The van der Waals surface area contributed by atoms with E-state index in [-0.39, 0.29) is 6.04 Å². The van der Waals surface area contributed by atoms with E-state index in [4.69, 9.17) is 0 Å². The van der Waals surface area contributed by atoms with Crippen LogP contribution in [0.25, 0.3) is 0 Å². The highest BCUT2D eigenvalue weighted by atomic mass is 32.2. The molecule has 2 aromatic heterocycles. The second-order valence-corrected chi connectivity index (χ2v) is 9.99. The number of hydrogen-bond donors (Lipinski definition) is 0. The maximum absolute atomic E-state index is 13.0. The summed E-state index contributed by atoms with van der Waals surface area (Å²) in [5, 5.41) is 0. The standard InChI is InChI=1S/C19H27N3O2S2/c1-3-18-7-8-19(25-18)26(23,24)22-13-5-6-17(15-22)21(4-2)14-16-9-11-20-12-10-16/h7-12,17H,3-6,13-15H2,1-2H3. The van der Waals surface area contributed by atoms with Gasteiger partial charge in [0.2, 0.25) is 0 Å². The fourth-order valence-corrected chi connectivity index (χ4v) is 6.44. The van der Waals surface area contributed by atoms with Crippen molar-refractivity contribution >= 4 is 21.4 Å². The molecule has 1 unspecified atom stereocenters. The van der Waals surface area contributed by atoms with Gasteiger partial charge in [0.25, 0.3) is 10.0 Å². The van der Waals surface area contributed by atoms with Crippen molar-refractivity contribution < 1.29 is 8.42 Å². The van der Waals surface area contributed by atoms with Gasteiger partial charge in [0.05, 0.1) is 0 Å². The number of likely N-dealkylation sites (N-methyl/N-ethyl adjacent to an activating group) is 1. The topological polar surface area (TPSA) is 53.5 Å². The summed E-state index contributed by atoms with van der Waals surface area (Å²) in [6.45, 7) is 7.11. The molecule has 0 radical (unpaired) electrons. The predicted octanol–water partition coefficient (Wildman–Crippen LogP) is 3.38. The first-order chi connectivity index (χ1) is 12.5. The summed E-state index contributed by atoms with van der Waals surface area (Å²) in [7, 11) is -3.38. The SMILES string of the molecule is CCc1ccc(S(=O)(=O)N2CCCC(N(CC)Cc3ccncc3)C2)s1. The lowest BCUT2D eigenvalue weighted by Gasteiger charge is -2.38. The van der Waals surface area contributed by atoms with Crippen LogP contribution < -0.4 is 0 Å². The third-order valence-corrected chi connectivity index (χ3v) is 8.56. The first-order valence-corrected chi connectivity index (χ1v) is 11.5. The number of rotatable bonds is 7. The van der Waals surface area contributed by atoms with Crippen molar-refractivity contribution in [2.75, 3.05) is 19.6 Å². The molecule has 3 heterocycles. The van der Waals surface area contributed by atoms with Gasteiger partial charge < -0.3 is 0 Å². The molecule has 0 spiro atoms. The molecular weight excluding hydrogens is 366 g/mol. The normalized spacial score (nSPS) is 19.1. The van der Waals surface area contributed by atoms with E-state index in [1.165, 1.54) is 16.9 Å². The van der Waals surface area contributed by atoms with E-state index in [9.17, 15) is 8.42 Å². The van der Waals surface area contributed by atoms with Gasteiger partial charge in [-0.3, -0.25) is 9.88 Å². The molecule has 7 heteroatoms. The summed E-state index contributed by atoms with van der Waals surface area (Å²) in [6, 6.07) is 8.00. The second kappa shape index (κ2) is 8.61. The third-order valence-electron chi connectivity index (χ3n) is 5.00. The van der Waals surface area contributed by atoms with Crippen LogP contribution in [0.4, 0.5) is 0 Å². The lowest BCUT2D eigenvalue weighted by atomic mass is 10.1. The van der Waals surface area contributed by atoms with Gasteiger partial charge in [0, 0.05) is 42.9 Å². The minimum Gasteiger partial charge on any atom is -0.295 e. The first-order valence-electron chi connectivity index (χ1n) is 9.26. The van der Waals surface area contributed by atoms with E-state index in [0.29, 0.717) is 17.3 Å². The Morgan fingerprint density at radius 1 is 1.23 bits per heavy atom. The quantitative estimate of drug-likeness (QED) is 0.724. The van der Waals surface area contributed by atoms with Crippen molar-refractivity contribution in [1.82, 2.24) is 14.2 Å². The Morgan fingerprint density at radius 3 is 2.65 bits per heavy atom. The van der Waals surface area contributed by atoms with Gasteiger partial charge >= 0.3 is 0 Å². The number of sulfonamides is 1. The van der Waals surface area contributed by atoms with Crippen molar-refractivity contribution in [2.24, 2.45) is 0 Å². The minimum absolute atomic E-state index is 0.252. The number of aromatic nitrogens is 1. The Kier molecular flexibility index (Phi) is 6.45. The molecule has 3 rings (SSSR count). The van der Waals surface area contributed by atoms with Crippen molar-refractivity contribution in [3.8, 4) is 0 Å². The van der Waals surface area contributed by atoms with Crippen LogP contribution in [0, 0.1) is 0 Å². The number of hydrogen-bond acceptors (Lipinski definition) is 5. The van der Waals surface area contributed by atoms with Crippen molar-refractivity contribution in [2.45, 2.75) is 49.9 Å². The number of nitrogens with zero attached hydrogens (tertiary/aromatic N) is 3. The summed E-state index contributed by atoms with van der Waals surface area (Å²) < 4.78 is 28.2. The van der Waals surface area contributed by atoms with Crippen molar-refractivity contribution in [1.29, 1.82) is 0 Å². The molecule has 0 bridgehead atoms. The summed E-state index contributed by atoms with van der Waals surface area (Å²) in [6.07, 6.45) is 6.43. The Morgan fingerprint density at radius 2 is 2.00 bits per heavy atom. The molecule has 0 N–H and O–H groups in total. The average Bonchev–Trinajstić information content (AvgIpc) is 3.17. The van der Waals surface area contributed by atoms with Crippen LogP contribution in [0.2, 0.25) is 0 Å². The molecule has 2 aromatic rings. The zero-order valence-corrected chi connectivity index (χ0v) is 17.1. The smallest absolute Gasteiger partial charge is 0.252 e. The molecule has 0 amide bonds. The average molecular weight is 394 g/mol. The molecule has 1 saturated heterocycles. The first kappa shape index (κ1) is 19.5. The summed E-state index contributed by atoms with van der Waals surface area (Å²) in [4.78, 5) is 7.57. The minimum atomic E-state index is -3.38. The van der Waals surface area contributed by atoms with E-state index in [1.54, 1.807) is 10.4 Å². The highest BCUT2D eigenvalue weighted by Crippen LogP contribution is 2.28.